The highest BCUT2D eigenvalue weighted by Crippen LogP contribution is 2.28. The molecule has 2 aromatic heterocycles. The van der Waals surface area contributed by atoms with Crippen LogP contribution in [0.3, 0.4) is 0 Å². The number of carbonyl (C=O) groups is 2. The molecule has 6 nitrogen and oxygen atoms in total. The Bertz CT molecular complexity index is 729. The van der Waals surface area contributed by atoms with Crippen molar-refractivity contribution in [3.63, 3.8) is 0 Å². The van der Waals surface area contributed by atoms with Gasteiger partial charge >= 0.3 is 0 Å². The number of nitrogens with two attached hydrogens (primary N) is 1. The van der Waals surface area contributed by atoms with E-state index in [9.17, 15) is 9.59 Å². The molecule has 116 valence electrons. The van der Waals surface area contributed by atoms with E-state index in [0.717, 1.165) is 30.3 Å². The van der Waals surface area contributed by atoms with Crippen LogP contribution in [0.25, 0.3) is 5.52 Å². The molecule has 1 aliphatic carbocycles. The first-order chi connectivity index (χ1) is 10.5. The zero-order valence-corrected chi connectivity index (χ0v) is 12.6. The zero-order valence-electron chi connectivity index (χ0n) is 12.6. The number of primary amides is 1. The molecule has 0 unspecified atom stereocenters. The summed E-state index contributed by atoms with van der Waals surface area (Å²) in [7, 11) is 0. The van der Waals surface area contributed by atoms with Crippen LogP contribution in [-0.4, -0.2) is 27.0 Å². The summed E-state index contributed by atoms with van der Waals surface area (Å²) in [6.07, 6.45) is 7.46. The maximum atomic E-state index is 12.6. The third kappa shape index (κ3) is 2.45. The van der Waals surface area contributed by atoms with Gasteiger partial charge in [0.2, 0.25) is 5.91 Å². The minimum absolute atomic E-state index is 0.292. The van der Waals surface area contributed by atoms with Gasteiger partial charge < -0.3 is 11.1 Å². The van der Waals surface area contributed by atoms with E-state index in [4.69, 9.17) is 5.73 Å². The van der Waals surface area contributed by atoms with Gasteiger partial charge in [-0.1, -0.05) is 25.3 Å². The Hall–Kier alpha value is -2.37. The Morgan fingerprint density at radius 3 is 2.68 bits per heavy atom. The van der Waals surface area contributed by atoms with Gasteiger partial charge in [-0.3, -0.25) is 9.59 Å². The first kappa shape index (κ1) is 14.6. The van der Waals surface area contributed by atoms with Crippen LogP contribution < -0.4 is 11.1 Å². The quantitative estimate of drug-likeness (QED) is 0.901. The summed E-state index contributed by atoms with van der Waals surface area (Å²) >= 11 is 0. The van der Waals surface area contributed by atoms with Gasteiger partial charge in [0.1, 0.15) is 5.54 Å². The van der Waals surface area contributed by atoms with Crippen molar-refractivity contribution in [2.45, 2.75) is 44.6 Å². The number of fused-ring (bicyclic) bond motifs is 1. The summed E-state index contributed by atoms with van der Waals surface area (Å²) in [6.45, 7) is 1.96. The minimum Gasteiger partial charge on any atom is -0.368 e. The van der Waals surface area contributed by atoms with Crippen LogP contribution in [0.15, 0.2) is 24.5 Å². The number of aryl methyl sites for hydroxylation is 1. The number of nitrogens with zero attached hydrogens (tertiary/aromatic N) is 2. The molecule has 0 bridgehead atoms. The fraction of sp³-hybridized carbons (Fsp3) is 0.438. The second-order valence-corrected chi connectivity index (χ2v) is 6.06. The van der Waals surface area contributed by atoms with Gasteiger partial charge in [-0.05, 0) is 31.4 Å². The topological polar surface area (TPSA) is 89.5 Å². The number of rotatable bonds is 3. The Balaban J connectivity index is 1.90. The van der Waals surface area contributed by atoms with Gasteiger partial charge in [-0.15, -0.1) is 0 Å². The molecule has 0 saturated heterocycles. The SMILES string of the molecule is Cc1ccc2c(C(=O)NC3(C(N)=O)CCCCC3)cnn2c1. The Morgan fingerprint density at radius 2 is 2.00 bits per heavy atom. The highest BCUT2D eigenvalue weighted by Gasteiger charge is 2.39. The van der Waals surface area contributed by atoms with E-state index in [1.807, 2.05) is 25.3 Å². The second kappa shape index (κ2) is 5.44. The Morgan fingerprint density at radius 1 is 1.27 bits per heavy atom. The molecule has 2 aromatic rings. The fourth-order valence-electron chi connectivity index (χ4n) is 3.13. The lowest BCUT2D eigenvalue weighted by Gasteiger charge is -2.34. The van der Waals surface area contributed by atoms with Crippen LogP contribution >= 0.6 is 0 Å². The summed E-state index contributed by atoms with van der Waals surface area (Å²) < 4.78 is 1.67. The number of aromatic nitrogens is 2. The first-order valence-corrected chi connectivity index (χ1v) is 7.58. The van der Waals surface area contributed by atoms with Gasteiger partial charge in [0.05, 0.1) is 17.3 Å². The molecule has 1 aliphatic rings. The molecule has 3 N–H and O–H groups in total. The van der Waals surface area contributed by atoms with E-state index in [1.165, 1.54) is 6.20 Å². The zero-order chi connectivity index (χ0) is 15.7. The van der Waals surface area contributed by atoms with Crippen molar-refractivity contribution in [1.82, 2.24) is 14.9 Å². The predicted molar refractivity (Wildman–Crippen MR) is 82.4 cm³/mol. The summed E-state index contributed by atoms with van der Waals surface area (Å²) in [5.41, 5.74) is 6.88. The van der Waals surface area contributed by atoms with E-state index in [1.54, 1.807) is 4.52 Å². The lowest BCUT2D eigenvalue weighted by molar-refractivity contribution is -0.125. The van der Waals surface area contributed by atoms with Crippen molar-refractivity contribution in [3.05, 3.63) is 35.7 Å². The molecular weight excluding hydrogens is 280 g/mol. The van der Waals surface area contributed by atoms with E-state index in [-0.39, 0.29) is 5.91 Å². The molecule has 0 atom stereocenters. The van der Waals surface area contributed by atoms with Crippen molar-refractivity contribution < 1.29 is 9.59 Å². The molecule has 3 rings (SSSR count). The molecular formula is C16H20N4O2. The van der Waals surface area contributed by atoms with Crippen LogP contribution in [0, 0.1) is 6.92 Å². The molecule has 0 aromatic carbocycles. The fourth-order valence-corrected chi connectivity index (χ4v) is 3.13. The first-order valence-electron chi connectivity index (χ1n) is 7.58. The van der Waals surface area contributed by atoms with E-state index in [2.05, 4.69) is 10.4 Å². The van der Waals surface area contributed by atoms with E-state index < -0.39 is 11.4 Å². The normalized spacial score (nSPS) is 17.3. The Kier molecular flexibility index (Phi) is 3.60. The highest BCUT2D eigenvalue weighted by atomic mass is 16.2. The average molecular weight is 300 g/mol. The van der Waals surface area contributed by atoms with E-state index in [0.29, 0.717) is 18.4 Å². The van der Waals surface area contributed by atoms with Gasteiger partial charge in [0, 0.05) is 6.20 Å². The molecule has 0 aliphatic heterocycles. The van der Waals surface area contributed by atoms with Crippen LogP contribution in [0.2, 0.25) is 0 Å². The van der Waals surface area contributed by atoms with Crippen LogP contribution in [0.4, 0.5) is 0 Å². The lowest BCUT2D eigenvalue weighted by atomic mass is 9.81. The number of hydrogen-bond donors (Lipinski definition) is 2. The van der Waals surface area contributed by atoms with Crippen LogP contribution in [0.5, 0.6) is 0 Å². The van der Waals surface area contributed by atoms with Crippen molar-refractivity contribution in [2.75, 3.05) is 0 Å². The molecule has 22 heavy (non-hydrogen) atoms. The summed E-state index contributed by atoms with van der Waals surface area (Å²) in [6, 6.07) is 3.79. The number of nitrogens with one attached hydrogen (secondary N) is 1. The van der Waals surface area contributed by atoms with Gasteiger partial charge in [0.25, 0.3) is 5.91 Å². The molecule has 6 heteroatoms. The Labute approximate surface area is 128 Å². The predicted octanol–water partition coefficient (Wildman–Crippen LogP) is 1.56. The van der Waals surface area contributed by atoms with Gasteiger partial charge in [-0.25, -0.2) is 4.52 Å². The number of carbonyl (C=O) groups excluding carboxylic acids is 2. The largest absolute Gasteiger partial charge is 0.368 e. The second-order valence-electron chi connectivity index (χ2n) is 6.06. The van der Waals surface area contributed by atoms with Gasteiger partial charge in [-0.2, -0.15) is 5.10 Å². The van der Waals surface area contributed by atoms with Crippen molar-refractivity contribution in [3.8, 4) is 0 Å². The number of pyridine rings is 1. The molecule has 2 heterocycles. The standard InChI is InChI=1S/C16H20N4O2/c1-11-5-6-13-12(9-18-20(13)10-11)14(21)19-16(15(17)22)7-3-2-4-8-16/h5-6,9-10H,2-4,7-8H2,1H3,(H2,17,22)(H,19,21). The summed E-state index contributed by atoms with van der Waals surface area (Å²) in [5.74, 6) is -0.743. The summed E-state index contributed by atoms with van der Waals surface area (Å²) in [4.78, 5) is 24.5. The third-order valence-electron chi connectivity index (χ3n) is 4.44. The summed E-state index contributed by atoms with van der Waals surface area (Å²) in [5, 5.41) is 7.08. The van der Waals surface area contributed by atoms with Crippen molar-refractivity contribution in [1.29, 1.82) is 0 Å². The maximum Gasteiger partial charge on any atom is 0.255 e. The monoisotopic (exact) mass is 300 g/mol. The maximum absolute atomic E-state index is 12.6. The molecule has 0 radical (unpaired) electrons. The molecule has 1 fully saturated rings. The van der Waals surface area contributed by atoms with E-state index >= 15 is 0 Å². The minimum atomic E-state index is -0.922. The third-order valence-corrected chi connectivity index (χ3v) is 4.44. The van der Waals surface area contributed by atoms with Crippen molar-refractivity contribution in [2.24, 2.45) is 5.73 Å². The molecule has 1 saturated carbocycles. The highest BCUT2D eigenvalue weighted by molar-refractivity contribution is 6.03. The smallest absolute Gasteiger partial charge is 0.255 e. The number of amides is 2. The average Bonchev–Trinajstić information content (AvgIpc) is 2.91. The number of hydrogen-bond acceptors (Lipinski definition) is 3. The van der Waals surface area contributed by atoms with Crippen molar-refractivity contribution >= 4 is 17.3 Å². The lowest BCUT2D eigenvalue weighted by Crippen LogP contribution is -2.58. The van der Waals surface area contributed by atoms with Crippen LogP contribution in [-0.2, 0) is 4.79 Å². The van der Waals surface area contributed by atoms with Gasteiger partial charge in [0.15, 0.2) is 0 Å². The molecule has 2 amide bonds. The molecule has 0 spiro atoms. The van der Waals surface area contributed by atoms with Crippen LogP contribution in [0.1, 0.15) is 48.0 Å².